The van der Waals surface area contributed by atoms with Crippen LogP contribution in [0.5, 0.6) is 0 Å². The quantitative estimate of drug-likeness (QED) is 0.632. The molecule has 108 valence electrons. The average molecular weight is 255 g/mol. The number of hydrogen-bond donors (Lipinski definition) is 1. The molecule has 0 bridgehead atoms. The zero-order chi connectivity index (χ0) is 13.2. The van der Waals surface area contributed by atoms with E-state index in [2.05, 4.69) is 19.2 Å². The largest absolute Gasteiger partial charge is 0.385 e. The lowest BCUT2D eigenvalue weighted by Crippen LogP contribution is -2.33. The number of nitrogens with one attached hydrogen (secondary N) is 1. The van der Waals surface area contributed by atoms with Crippen LogP contribution in [0.4, 0.5) is 0 Å². The monoisotopic (exact) mass is 255 g/mol. The molecule has 1 rings (SSSR count). The molecule has 0 heterocycles. The summed E-state index contributed by atoms with van der Waals surface area (Å²) in [4.78, 5) is 0. The molecule has 2 heteroatoms. The molecule has 0 aliphatic heterocycles. The van der Waals surface area contributed by atoms with Gasteiger partial charge >= 0.3 is 0 Å². The molecule has 18 heavy (non-hydrogen) atoms. The second-order valence-corrected chi connectivity index (χ2v) is 6.13. The number of rotatable bonds is 9. The standard InChI is InChI=1S/C16H33NO/c1-4-10-17-13-16-9-8-14(2)12-15(16)7-5-6-11-18-3/h14-17H,4-13H2,1-3H3. The lowest BCUT2D eigenvalue weighted by molar-refractivity contribution is 0.158. The van der Waals surface area contributed by atoms with Crippen LogP contribution in [-0.4, -0.2) is 26.8 Å². The van der Waals surface area contributed by atoms with Gasteiger partial charge in [-0.1, -0.05) is 33.1 Å². The van der Waals surface area contributed by atoms with Gasteiger partial charge in [0.05, 0.1) is 0 Å². The second kappa shape index (κ2) is 9.80. The highest BCUT2D eigenvalue weighted by molar-refractivity contribution is 4.80. The summed E-state index contributed by atoms with van der Waals surface area (Å²) in [6.45, 7) is 8.04. The van der Waals surface area contributed by atoms with Crippen LogP contribution in [0.3, 0.4) is 0 Å². The highest BCUT2D eigenvalue weighted by Gasteiger charge is 2.27. The van der Waals surface area contributed by atoms with E-state index >= 15 is 0 Å². The van der Waals surface area contributed by atoms with Gasteiger partial charge in [0, 0.05) is 13.7 Å². The van der Waals surface area contributed by atoms with Crippen molar-refractivity contribution in [1.82, 2.24) is 5.32 Å². The minimum atomic E-state index is 0.926. The Kier molecular flexibility index (Phi) is 8.70. The van der Waals surface area contributed by atoms with Gasteiger partial charge in [-0.15, -0.1) is 0 Å². The molecule has 1 aliphatic rings. The van der Waals surface area contributed by atoms with Crippen molar-refractivity contribution in [3.8, 4) is 0 Å². The Morgan fingerprint density at radius 3 is 2.72 bits per heavy atom. The van der Waals surface area contributed by atoms with Gasteiger partial charge in [0.25, 0.3) is 0 Å². The SMILES string of the molecule is CCCNCC1CCC(C)CC1CCCCOC. The van der Waals surface area contributed by atoms with Gasteiger partial charge in [-0.25, -0.2) is 0 Å². The van der Waals surface area contributed by atoms with Crippen LogP contribution in [0.15, 0.2) is 0 Å². The van der Waals surface area contributed by atoms with Crippen LogP contribution in [0.25, 0.3) is 0 Å². The first kappa shape index (κ1) is 16.0. The highest BCUT2D eigenvalue weighted by Crippen LogP contribution is 2.36. The molecular weight excluding hydrogens is 222 g/mol. The number of unbranched alkanes of at least 4 members (excludes halogenated alkanes) is 1. The summed E-state index contributed by atoms with van der Waals surface area (Å²) >= 11 is 0. The fourth-order valence-corrected chi connectivity index (χ4v) is 3.30. The van der Waals surface area contributed by atoms with Crippen molar-refractivity contribution in [1.29, 1.82) is 0 Å². The van der Waals surface area contributed by atoms with E-state index in [0.717, 1.165) is 24.4 Å². The fourth-order valence-electron chi connectivity index (χ4n) is 3.30. The van der Waals surface area contributed by atoms with E-state index in [-0.39, 0.29) is 0 Å². The molecule has 0 aromatic carbocycles. The second-order valence-electron chi connectivity index (χ2n) is 6.13. The summed E-state index contributed by atoms with van der Waals surface area (Å²) in [7, 11) is 1.81. The van der Waals surface area contributed by atoms with Gasteiger partial charge in [0.2, 0.25) is 0 Å². The maximum Gasteiger partial charge on any atom is 0.0462 e. The van der Waals surface area contributed by atoms with Crippen LogP contribution in [-0.2, 0) is 4.74 Å². The molecule has 0 amide bonds. The highest BCUT2D eigenvalue weighted by atomic mass is 16.5. The molecule has 0 saturated heterocycles. The van der Waals surface area contributed by atoms with Gasteiger partial charge in [0.15, 0.2) is 0 Å². The predicted molar refractivity (Wildman–Crippen MR) is 78.9 cm³/mol. The lowest BCUT2D eigenvalue weighted by Gasteiger charge is -2.35. The van der Waals surface area contributed by atoms with Crippen molar-refractivity contribution in [3.05, 3.63) is 0 Å². The zero-order valence-electron chi connectivity index (χ0n) is 12.7. The third kappa shape index (κ3) is 6.19. The molecule has 3 atom stereocenters. The van der Waals surface area contributed by atoms with Gasteiger partial charge in [-0.2, -0.15) is 0 Å². The molecule has 1 aliphatic carbocycles. The van der Waals surface area contributed by atoms with Crippen LogP contribution in [0, 0.1) is 17.8 Å². The molecule has 3 unspecified atom stereocenters. The molecule has 1 N–H and O–H groups in total. The summed E-state index contributed by atoms with van der Waals surface area (Å²) in [5.74, 6) is 2.82. The van der Waals surface area contributed by atoms with Gasteiger partial charge in [0.1, 0.15) is 0 Å². The van der Waals surface area contributed by atoms with E-state index in [1.54, 1.807) is 7.11 Å². The summed E-state index contributed by atoms with van der Waals surface area (Å²) in [6, 6.07) is 0. The van der Waals surface area contributed by atoms with E-state index in [4.69, 9.17) is 4.74 Å². The fraction of sp³-hybridized carbons (Fsp3) is 1.00. The van der Waals surface area contributed by atoms with Crippen molar-refractivity contribution in [3.63, 3.8) is 0 Å². The molecule has 0 spiro atoms. The van der Waals surface area contributed by atoms with Gasteiger partial charge in [-0.3, -0.25) is 0 Å². The van der Waals surface area contributed by atoms with Crippen molar-refractivity contribution in [2.24, 2.45) is 17.8 Å². The number of ether oxygens (including phenoxy) is 1. The Morgan fingerprint density at radius 2 is 2.00 bits per heavy atom. The average Bonchev–Trinajstić information content (AvgIpc) is 2.37. The normalized spacial score (nSPS) is 28.5. The minimum absolute atomic E-state index is 0.926. The van der Waals surface area contributed by atoms with Crippen LogP contribution < -0.4 is 5.32 Å². The van der Waals surface area contributed by atoms with Crippen LogP contribution in [0.1, 0.15) is 58.8 Å². The topological polar surface area (TPSA) is 21.3 Å². The Bertz CT molecular complexity index is 196. The minimum Gasteiger partial charge on any atom is -0.385 e. The summed E-state index contributed by atoms with van der Waals surface area (Å²) in [5.41, 5.74) is 0. The van der Waals surface area contributed by atoms with Crippen molar-refractivity contribution in [2.75, 3.05) is 26.8 Å². The molecule has 0 aromatic rings. The van der Waals surface area contributed by atoms with Crippen molar-refractivity contribution < 1.29 is 4.74 Å². The molecule has 1 fully saturated rings. The van der Waals surface area contributed by atoms with Crippen LogP contribution >= 0.6 is 0 Å². The van der Waals surface area contributed by atoms with Crippen molar-refractivity contribution in [2.45, 2.75) is 58.8 Å². The van der Waals surface area contributed by atoms with Gasteiger partial charge in [-0.05, 0) is 56.5 Å². The van der Waals surface area contributed by atoms with E-state index in [1.165, 1.54) is 58.0 Å². The molecular formula is C16H33NO. The Hall–Kier alpha value is -0.0800. The first-order valence-electron chi connectivity index (χ1n) is 7.97. The predicted octanol–water partition coefficient (Wildman–Crippen LogP) is 3.86. The van der Waals surface area contributed by atoms with E-state index in [9.17, 15) is 0 Å². The van der Waals surface area contributed by atoms with Gasteiger partial charge < -0.3 is 10.1 Å². The van der Waals surface area contributed by atoms with E-state index < -0.39 is 0 Å². The third-order valence-corrected chi connectivity index (χ3v) is 4.41. The first-order valence-corrected chi connectivity index (χ1v) is 7.97. The summed E-state index contributed by atoms with van der Waals surface area (Å²) < 4.78 is 5.15. The van der Waals surface area contributed by atoms with Crippen molar-refractivity contribution >= 4 is 0 Å². The summed E-state index contributed by atoms with van der Waals surface area (Å²) in [6.07, 6.45) is 9.56. The molecule has 0 radical (unpaired) electrons. The van der Waals surface area contributed by atoms with E-state index in [1.807, 2.05) is 0 Å². The molecule has 1 saturated carbocycles. The van der Waals surface area contributed by atoms with Crippen LogP contribution in [0.2, 0.25) is 0 Å². The smallest absolute Gasteiger partial charge is 0.0462 e. The molecule has 0 aromatic heterocycles. The maximum atomic E-state index is 5.15. The van der Waals surface area contributed by atoms with E-state index in [0.29, 0.717) is 0 Å². The zero-order valence-corrected chi connectivity index (χ0v) is 12.7. The number of hydrogen-bond acceptors (Lipinski definition) is 2. The number of methoxy groups -OCH3 is 1. The Labute approximate surface area is 114 Å². The summed E-state index contributed by atoms with van der Waals surface area (Å²) in [5, 5.41) is 3.63. The maximum absolute atomic E-state index is 5.15. The Morgan fingerprint density at radius 1 is 1.17 bits per heavy atom. The molecule has 2 nitrogen and oxygen atoms in total. The third-order valence-electron chi connectivity index (χ3n) is 4.41. The Balaban J connectivity index is 2.26. The lowest BCUT2D eigenvalue weighted by atomic mass is 9.72. The first-order chi connectivity index (χ1) is 8.77.